The number of hydrogen-bond acceptors (Lipinski definition) is 3. The number of aryl methyl sites for hydroxylation is 1. The minimum absolute atomic E-state index is 0.0473. The van der Waals surface area contributed by atoms with Gasteiger partial charge in [0.2, 0.25) is 0 Å². The Balaban J connectivity index is 1.83. The molecule has 4 nitrogen and oxygen atoms in total. The van der Waals surface area contributed by atoms with Gasteiger partial charge in [0.25, 0.3) is 5.56 Å². The van der Waals surface area contributed by atoms with Crippen molar-refractivity contribution in [1.82, 2.24) is 4.57 Å². The highest BCUT2D eigenvalue weighted by Gasteiger charge is 2.15. The smallest absolute Gasteiger partial charge is 0.258 e. The molecule has 18 heavy (non-hydrogen) atoms. The van der Waals surface area contributed by atoms with E-state index < -0.39 is 0 Å². The van der Waals surface area contributed by atoms with Crippen molar-refractivity contribution in [3.63, 3.8) is 0 Å². The monoisotopic (exact) mass is 245 g/mol. The lowest BCUT2D eigenvalue weighted by atomic mass is 10.2. The predicted molar refractivity (Wildman–Crippen MR) is 68.5 cm³/mol. The van der Waals surface area contributed by atoms with Gasteiger partial charge < -0.3 is 14.0 Å². The molecule has 3 rings (SSSR count). The SMILES string of the molecule is O=c1c2ccccc2ccn1CCC1OCCO1. The van der Waals surface area contributed by atoms with Crippen molar-refractivity contribution in [1.29, 1.82) is 0 Å². The van der Waals surface area contributed by atoms with Crippen molar-refractivity contribution in [3.05, 3.63) is 46.9 Å². The summed E-state index contributed by atoms with van der Waals surface area (Å²) in [7, 11) is 0. The molecule has 0 bridgehead atoms. The van der Waals surface area contributed by atoms with Crippen LogP contribution in [0.2, 0.25) is 0 Å². The van der Waals surface area contributed by atoms with Crippen LogP contribution in [0.3, 0.4) is 0 Å². The van der Waals surface area contributed by atoms with Crippen LogP contribution in [0.4, 0.5) is 0 Å². The number of benzene rings is 1. The standard InChI is InChI=1S/C14H15NO3/c16-14-12-4-2-1-3-11(12)5-7-15(14)8-6-13-17-9-10-18-13/h1-5,7,13H,6,8-10H2. The van der Waals surface area contributed by atoms with Crippen molar-refractivity contribution < 1.29 is 9.47 Å². The molecule has 2 heterocycles. The Labute approximate surface area is 105 Å². The van der Waals surface area contributed by atoms with Crippen LogP contribution in [0.25, 0.3) is 10.8 Å². The maximum Gasteiger partial charge on any atom is 0.258 e. The van der Waals surface area contributed by atoms with Gasteiger partial charge in [-0.15, -0.1) is 0 Å². The molecule has 94 valence electrons. The summed E-state index contributed by atoms with van der Waals surface area (Å²) < 4.78 is 12.4. The van der Waals surface area contributed by atoms with Gasteiger partial charge in [-0.1, -0.05) is 18.2 Å². The summed E-state index contributed by atoms with van der Waals surface area (Å²) in [6.45, 7) is 1.92. The van der Waals surface area contributed by atoms with Crippen LogP contribution < -0.4 is 5.56 Å². The van der Waals surface area contributed by atoms with Crippen LogP contribution in [0.1, 0.15) is 6.42 Å². The molecule has 0 spiro atoms. The Bertz CT molecular complexity index is 599. The molecule has 4 heteroatoms. The molecule has 1 aliphatic heterocycles. The van der Waals surface area contributed by atoms with Crippen LogP contribution in [0, 0.1) is 0 Å². The van der Waals surface area contributed by atoms with Crippen molar-refractivity contribution in [2.45, 2.75) is 19.3 Å². The molecule has 1 fully saturated rings. The molecule has 0 N–H and O–H groups in total. The first kappa shape index (κ1) is 11.4. The van der Waals surface area contributed by atoms with E-state index in [2.05, 4.69) is 0 Å². The van der Waals surface area contributed by atoms with Gasteiger partial charge in [0.05, 0.1) is 13.2 Å². The molecule has 1 aliphatic rings. The van der Waals surface area contributed by atoms with E-state index in [1.807, 2.05) is 36.5 Å². The summed E-state index contributed by atoms with van der Waals surface area (Å²) in [4.78, 5) is 12.2. The summed E-state index contributed by atoms with van der Waals surface area (Å²) in [5, 5.41) is 1.74. The third-order valence-corrected chi connectivity index (χ3v) is 3.18. The molecule has 0 radical (unpaired) electrons. The fraction of sp³-hybridized carbons (Fsp3) is 0.357. The van der Waals surface area contributed by atoms with Crippen molar-refractivity contribution in [2.24, 2.45) is 0 Å². The van der Waals surface area contributed by atoms with E-state index in [9.17, 15) is 4.79 Å². The second kappa shape index (κ2) is 4.92. The molecule has 2 aromatic rings. The summed E-state index contributed by atoms with van der Waals surface area (Å²) in [6, 6.07) is 9.59. The molecule has 0 amide bonds. The van der Waals surface area contributed by atoms with Gasteiger partial charge in [0.1, 0.15) is 0 Å². The van der Waals surface area contributed by atoms with E-state index in [-0.39, 0.29) is 11.8 Å². The largest absolute Gasteiger partial charge is 0.350 e. The molecule has 0 saturated carbocycles. The van der Waals surface area contributed by atoms with E-state index >= 15 is 0 Å². The lowest BCUT2D eigenvalue weighted by Gasteiger charge is -2.11. The Hall–Kier alpha value is -1.65. The van der Waals surface area contributed by atoms with Crippen molar-refractivity contribution >= 4 is 10.8 Å². The maximum absolute atomic E-state index is 12.2. The Morgan fingerprint density at radius 2 is 1.94 bits per heavy atom. The number of nitrogens with zero attached hydrogens (tertiary/aromatic N) is 1. The quantitative estimate of drug-likeness (QED) is 0.827. The summed E-state index contributed by atoms with van der Waals surface area (Å²) in [6.07, 6.45) is 2.38. The lowest BCUT2D eigenvalue weighted by Crippen LogP contribution is -2.22. The van der Waals surface area contributed by atoms with Gasteiger partial charge in [-0.05, 0) is 17.5 Å². The van der Waals surface area contributed by atoms with E-state index in [1.165, 1.54) is 0 Å². The Morgan fingerprint density at radius 1 is 1.17 bits per heavy atom. The highest BCUT2D eigenvalue weighted by atomic mass is 16.7. The van der Waals surface area contributed by atoms with Crippen LogP contribution in [-0.2, 0) is 16.0 Å². The first-order chi connectivity index (χ1) is 8.84. The normalized spacial score (nSPS) is 16.4. The Morgan fingerprint density at radius 3 is 2.78 bits per heavy atom. The topological polar surface area (TPSA) is 40.5 Å². The van der Waals surface area contributed by atoms with Crippen molar-refractivity contribution in [3.8, 4) is 0 Å². The fourth-order valence-electron chi connectivity index (χ4n) is 2.22. The third kappa shape index (κ3) is 2.17. The average Bonchev–Trinajstić information content (AvgIpc) is 2.91. The molecule has 0 aliphatic carbocycles. The van der Waals surface area contributed by atoms with Gasteiger partial charge >= 0.3 is 0 Å². The van der Waals surface area contributed by atoms with Gasteiger partial charge in [-0.2, -0.15) is 0 Å². The zero-order valence-electron chi connectivity index (χ0n) is 10.0. The zero-order valence-corrected chi connectivity index (χ0v) is 10.0. The average molecular weight is 245 g/mol. The molecule has 1 saturated heterocycles. The second-order valence-corrected chi connectivity index (χ2v) is 4.36. The number of hydrogen-bond donors (Lipinski definition) is 0. The van der Waals surface area contributed by atoms with Crippen LogP contribution >= 0.6 is 0 Å². The molecular formula is C14H15NO3. The molecule has 1 aromatic heterocycles. The number of rotatable bonds is 3. The lowest BCUT2D eigenvalue weighted by molar-refractivity contribution is -0.0491. The van der Waals surface area contributed by atoms with Crippen LogP contribution in [0.5, 0.6) is 0 Å². The predicted octanol–water partition coefficient (Wildman–Crippen LogP) is 1.76. The Kier molecular flexibility index (Phi) is 3.13. The second-order valence-electron chi connectivity index (χ2n) is 4.36. The third-order valence-electron chi connectivity index (χ3n) is 3.18. The molecule has 0 unspecified atom stereocenters. The van der Waals surface area contributed by atoms with Crippen LogP contribution in [0.15, 0.2) is 41.3 Å². The number of fused-ring (bicyclic) bond motifs is 1. The van der Waals surface area contributed by atoms with E-state index in [4.69, 9.17) is 9.47 Å². The van der Waals surface area contributed by atoms with E-state index in [0.29, 0.717) is 26.2 Å². The minimum Gasteiger partial charge on any atom is -0.350 e. The fourth-order valence-corrected chi connectivity index (χ4v) is 2.22. The highest BCUT2D eigenvalue weighted by Crippen LogP contribution is 2.11. The van der Waals surface area contributed by atoms with E-state index in [0.717, 1.165) is 10.8 Å². The molecular weight excluding hydrogens is 230 g/mol. The zero-order chi connectivity index (χ0) is 12.4. The van der Waals surface area contributed by atoms with Gasteiger partial charge in [0, 0.05) is 24.5 Å². The van der Waals surface area contributed by atoms with Gasteiger partial charge in [-0.25, -0.2) is 0 Å². The number of aromatic nitrogens is 1. The molecule has 0 atom stereocenters. The minimum atomic E-state index is -0.164. The number of pyridine rings is 1. The van der Waals surface area contributed by atoms with Crippen LogP contribution in [-0.4, -0.2) is 24.1 Å². The summed E-state index contributed by atoms with van der Waals surface area (Å²) in [5.41, 5.74) is 0.0473. The number of ether oxygens (including phenoxy) is 2. The highest BCUT2D eigenvalue weighted by molar-refractivity contribution is 5.81. The van der Waals surface area contributed by atoms with Gasteiger partial charge in [-0.3, -0.25) is 4.79 Å². The van der Waals surface area contributed by atoms with Gasteiger partial charge in [0.15, 0.2) is 6.29 Å². The molecule has 1 aromatic carbocycles. The van der Waals surface area contributed by atoms with E-state index in [1.54, 1.807) is 4.57 Å². The first-order valence-electron chi connectivity index (χ1n) is 6.16. The summed E-state index contributed by atoms with van der Waals surface area (Å²) in [5.74, 6) is 0. The maximum atomic E-state index is 12.2. The summed E-state index contributed by atoms with van der Waals surface area (Å²) >= 11 is 0. The first-order valence-corrected chi connectivity index (χ1v) is 6.16. The van der Waals surface area contributed by atoms with Crippen molar-refractivity contribution in [2.75, 3.05) is 13.2 Å².